The van der Waals surface area contributed by atoms with Gasteiger partial charge in [0, 0.05) is 25.2 Å². The second kappa shape index (κ2) is 7.30. The van der Waals surface area contributed by atoms with Crippen molar-refractivity contribution in [3.8, 4) is 11.1 Å². The first-order chi connectivity index (χ1) is 12.4. The molecular weight excluding hydrogens is 328 g/mol. The number of hydrogen-bond donors (Lipinski definition) is 2. The van der Waals surface area contributed by atoms with Crippen molar-refractivity contribution >= 4 is 11.9 Å². The Balaban J connectivity index is 1.85. The summed E-state index contributed by atoms with van der Waals surface area (Å²) in [5, 5.41) is 9.46. The zero-order chi connectivity index (χ0) is 18.7. The van der Waals surface area contributed by atoms with Crippen LogP contribution < -0.4 is 5.73 Å². The highest BCUT2D eigenvalue weighted by atomic mass is 16.4. The molecule has 0 saturated carbocycles. The molecule has 0 aliphatic carbocycles. The van der Waals surface area contributed by atoms with E-state index < -0.39 is 11.4 Å². The number of carbonyl (C=O) groups excluding carboxylic acids is 1. The van der Waals surface area contributed by atoms with Crippen molar-refractivity contribution in [2.45, 2.75) is 26.3 Å². The quantitative estimate of drug-likeness (QED) is 0.885. The third kappa shape index (κ3) is 3.63. The number of hydrogen-bond acceptors (Lipinski definition) is 3. The summed E-state index contributed by atoms with van der Waals surface area (Å²) >= 11 is 0. The number of likely N-dealkylation sites (tertiary alicyclic amines) is 1. The minimum absolute atomic E-state index is 0.117. The fourth-order valence-corrected chi connectivity index (χ4v) is 3.48. The fourth-order valence-electron chi connectivity index (χ4n) is 3.48. The van der Waals surface area contributed by atoms with Gasteiger partial charge in [-0.2, -0.15) is 0 Å². The summed E-state index contributed by atoms with van der Waals surface area (Å²) in [6, 6.07) is 15.4. The van der Waals surface area contributed by atoms with E-state index in [9.17, 15) is 14.7 Å². The summed E-state index contributed by atoms with van der Waals surface area (Å²) in [4.78, 5) is 26.1. The normalized spacial score (nSPS) is 20.0. The van der Waals surface area contributed by atoms with Crippen LogP contribution in [0.15, 0.2) is 48.5 Å². The molecule has 136 valence electrons. The molecule has 2 aromatic carbocycles. The van der Waals surface area contributed by atoms with E-state index in [4.69, 9.17) is 5.73 Å². The minimum atomic E-state index is -0.874. The number of carbonyl (C=O) groups is 2. The van der Waals surface area contributed by atoms with E-state index in [1.54, 1.807) is 17.9 Å². The zero-order valence-corrected chi connectivity index (χ0v) is 14.9. The van der Waals surface area contributed by atoms with Crippen molar-refractivity contribution in [2.75, 3.05) is 13.1 Å². The Kier molecular flexibility index (Phi) is 5.09. The lowest BCUT2D eigenvalue weighted by Gasteiger charge is -2.37. The second-order valence-electron chi connectivity index (χ2n) is 7.18. The van der Waals surface area contributed by atoms with E-state index in [0.717, 1.165) is 16.7 Å². The van der Waals surface area contributed by atoms with Gasteiger partial charge in [0.05, 0.1) is 5.41 Å². The molecule has 3 N–H and O–H groups in total. The highest BCUT2D eigenvalue weighted by Gasteiger charge is 2.39. The number of aliphatic carboxylic acids is 1. The molecule has 1 heterocycles. The van der Waals surface area contributed by atoms with Gasteiger partial charge in [0.15, 0.2) is 0 Å². The largest absolute Gasteiger partial charge is 0.481 e. The van der Waals surface area contributed by atoms with Crippen LogP contribution in [0.1, 0.15) is 35.7 Å². The molecule has 0 bridgehead atoms. The molecule has 1 saturated heterocycles. The average molecular weight is 352 g/mol. The number of carboxylic acids is 1. The maximum atomic E-state index is 12.9. The molecule has 26 heavy (non-hydrogen) atoms. The molecular formula is C21H24N2O3. The molecule has 1 amide bonds. The van der Waals surface area contributed by atoms with Crippen LogP contribution in [0.4, 0.5) is 0 Å². The Hall–Kier alpha value is -2.66. The first-order valence-electron chi connectivity index (χ1n) is 8.85. The number of benzene rings is 2. The zero-order valence-electron chi connectivity index (χ0n) is 14.9. The lowest BCUT2D eigenvalue weighted by molar-refractivity contribution is -0.150. The van der Waals surface area contributed by atoms with Crippen molar-refractivity contribution in [1.82, 2.24) is 4.90 Å². The van der Waals surface area contributed by atoms with Crippen LogP contribution in [-0.4, -0.2) is 35.0 Å². The van der Waals surface area contributed by atoms with E-state index in [1.807, 2.05) is 42.5 Å². The van der Waals surface area contributed by atoms with Gasteiger partial charge in [-0.05, 0) is 54.7 Å². The predicted octanol–water partition coefficient (Wildman–Crippen LogP) is 3.14. The Morgan fingerprint density at radius 3 is 2.54 bits per heavy atom. The second-order valence-corrected chi connectivity index (χ2v) is 7.18. The van der Waals surface area contributed by atoms with Crippen LogP contribution in [0.5, 0.6) is 0 Å². The molecule has 0 spiro atoms. The van der Waals surface area contributed by atoms with Crippen LogP contribution in [0.25, 0.3) is 11.1 Å². The average Bonchev–Trinajstić information content (AvgIpc) is 2.67. The number of carboxylic acid groups (broad SMARTS) is 1. The maximum Gasteiger partial charge on any atom is 0.311 e. The number of nitrogens with two attached hydrogens (primary N) is 1. The number of amides is 1. The summed E-state index contributed by atoms with van der Waals surface area (Å²) in [6.45, 7) is 3.01. The molecule has 2 aromatic rings. The van der Waals surface area contributed by atoms with Gasteiger partial charge >= 0.3 is 5.97 Å². The number of piperidine rings is 1. The van der Waals surface area contributed by atoms with Gasteiger partial charge in [0.1, 0.15) is 0 Å². The lowest BCUT2D eigenvalue weighted by atomic mass is 9.82. The predicted molar refractivity (Wildman–Crippen MR) is 101 cm³/mol. The molecule has 1 fully saturated rings. The molecule has 1 atom stereocenters. The Bertz CT molecular complexity index is 834. The van der Waals surface area contributed by atoms with Gasteiger partial charge in [0.25, 0.3) is 5.91 Å². The van der Waals surface area contributed by atoms with Crippen molar-refractivity contribution in [2.24, 2.45) is 11.1 Å². The van der Waals surface area contributed by atoms with E-state index in [1.165, 1.54) is 0 Å². The molecule has 3 rings (SSSR count). The topological polar surface area (TPSA) is 83.6 Å². The molecule has 1 unspecified atom stereocenters. The van der Waals surface area contributed by atoms with E-state index >= 15 is 0 Å². The van der Waals surface area contributed by atoms with Crippen LogP contribution >= 0.6 is 0 Å². The van der Waals surface area contributed by atoms with Gasteiger partial charge in [0.2, 0.25) is 0 Å². The SMILES string of the molecule is CC1(C(=O)O)CCCN(C(=O)c2cccc(-c3cccc(CN)c3)c2)C1. The minimum Gasteiger partial charge on any atom is -0.481 e. The Morgan fingerprint density at radius 1 is 1.15 bits per heavy atom. The number of nitrogens with zero attached hydrogens (tertiary/aromatic N) is 1. The van der Waals surface area contributed by atoms with Crippen LogP contribution in [0, 0.1) is 5.41 Å². The van der Waals surface area contributed by atoms with Gasteiger partial charge in [-0.3, -0.25) is 9.59 Å². The summed E-state index contributed by atoms with van der Waals surface area (Å²) in [5.41, 5.74) is 8.41. The molecule has 5 heteroatoms. The Labute approximate surface area is 153 Å². The van der Waals surface area contributed by atoms with Crippen molar-refractivity contribution in [3.63, 3.8) is 0 Å². The smallest absolute Gasteiger partial charge is 0.311 e. The van der Waals surface area contributed by atoms with Crippen molar-refractivity contribution in [1.29, 1.82) is 0 Å². The Morgan fingerprint density at radius 2 is 1.85 bits per heavy atom. The molecule has 5 nitrogen and oxygen atoms in total. The molecule has 1 aliphatic heterocycles. The maximum absolute atomic E-state index is 12.9. The monoisotopic (exact) mass is 352 g/mol. The summed E-state index contributed by atoms with van der Waals surface area (Å²) in [6.07, 6.45) is 1.30. The van der Waals surface area contributed by atoms with Gasteiger partial charge in [-0.1, -0.05) is 30.3 Å². The van der Waals surface area contributed by atoms with Gasteiger partial charge in [-0.15, -0.1) is 0 Å². The van der Waals surface area contributed by atoms with E-state index in [2.05, 4.69) is 0 Å². The molecule has 1 aliphatic rings. The molecule has 0 aromatic heterocycles. The van der Waals surface area contributed by atoms with E-state index in [-0.39, 0.29) is 12.5 Å². The highest BCUT2D eigenvalue weighted by molar-refractivity contribution is 5.96. The van der Waals surface area contributed by atoms with E-state index in [0.29, 0.717) is 31.5 Å². The van der Waals surface area contributed by atoms with Crippen LogP contribution in [0.2, 0.25) is 0 Å². The van der Waals surface area contributed by atoms with Crippen molar-refractivity contribution in [3.05, 3.63) is 59.7 Å². The number of rotatable bonds is 4. The molecule has 0 radical (unpaired) electrons. The lowest BCUT2D eigenvalue weighted by Crippen LogP contribution is -2.48. The third-order valence-corrected chi connectivity index (χ3v) is 5.11. The highest BCUT2D eigenvalue weighted by Crippen LogP contribution is 2.31. The third-order valence-electron chi connectivity index (χ3n) is 5.11. The van der Waals surface area contributed by atoms with Gasteiger partial charge in [-0.25, -0.2) is 0 Å². The first-order valence-corrected chi connectivity index (χ1v) is 8.85. The summed E-state index contributed by atoms with van der Waals surface area (Å²) < 4.78 is 0. The van der Waals surface area contributed by atoms with Gasteiger partial charge < -0.3 is 15.7 Å². The summed E-state index contributed by atoms with van der Waals surface area (Å²) in [5.74, 6) is -0.962. The van der Waals surface area contributed by atoms with Crippen LogP contribution in [-0.2, 0) is 11.3 Å². The standard InChI is InChI=1S/C21H24N2O3/c1-21(20(25)26)9-4-10-23(14-21)19(24)18-8-3-7-17(12-18)16-6-2-5-15(11-16)13-22/h2-3,5-8,11-12H,4,9-10,13-14,22H2,1H3,(H,25,26). The van der Waals surface area contributed by atoms with Crippen molar-refractivity contribution < 1.29 is 14.7 Å². The van der Waals surface area contributed by atoms with Crippen LogP contribution in [0.3, 0.4) is 0 Å². The summed E-state index contributed by atoms with van der Waals surface area (Å²) in [7, 11) is 0. The first kappa shape index (κ1) is 18.1. The fraction of sp³-hybridized carbons (Fsp3) is 0.333.